The Balaban J connectivity index is 2.40. The molecular formula is C14H24N2. The number of rotatable bonds is 6. The summed E-state index contributed by atoms with van der Waals surface area (Å²) in [6.45, 7) is 9.23. The van der Waals surface area contributed by atoms with Crippen LogP contribution in [-0.2, 0) is 6.54 Å². The van der Waals surface area contributed by atoms with E-state index >= 15 is 0 Å². The number of hydrogen-bond donors (Lipinski definition) is 2. The van der Waals surface area contributed by atoms with Crippen molar-refractivity contribution in [2.45, 2.75) is 33.7 Å². The van der Waals surface area contributed by atoms with Gasteiger partial charge in [0, 0.05) is 6.54 Å². The van der Waals surface area contributed by atoms with Crippen molar-refractivity contribution < 1.29 is 0 Å². The van der Waals surface area contributed by atoms with Gasteiger partial charge in [0.25, 0.3) is 0 Å². The Hall–Kier alpha value is -0.860. The molecule has 0 aliphatic heterocycles. The van der Waals surface area contributed by atoms with Crippen LogP contribution >= 0.6 is 0 Å². The van der Waals surface area contributed by atoms with Gasteiger partial charge in [-0.1, -0.05) is 31.5 Å². The van der Waals surface area contributed by atoms with Crippen LogP contribution in [0.3, 0.4) is 0 Å². The first kappa shape index (κ1) is 13.2. The zero-order valence-corrected chi connectivity index (χ0v) is 10.7. The van der Waals surface area contributed by atoms with Crippen LogP contribution in [0.25, 0.3) is 0 Å². The van der Waals surface area contributed by atoms with Gasteiger partial charge in [-0.2, -0.15) is 0 Å². The van der Waals surface area contributed by atoms with E-state index in [-0.39, 0.29) is 0 Å². The SMILES string of the molecule is CCC(CN)CNCc1ccc(C)c(C)c1. The first-order valence-corrected chi connectivity index (χ1v) is 6.14. The van der Waals surface area contributed by atoms with E-state index in [0.717, 1.165) is 26.1 Å². The molecule has 0 saturated heterocycles. The average Bonchev–Trinajstić information content (AvgIpc) is 2.29. The zero-order chi connectivity index (χ0) is 12.0. The van der Waals surface area contributed by atoms with E-state index in [0.29, 0.717) is 5.92 Å². The topological polar surface area (TPSA) is 38.0 Å². The summed E-state index contributed by atoms with van der Waals surface area (Å²) in [5.41, 5.74) is 9.75. The molecule has 0 bridgehead atoms. The molecule has 0 saturated carbocycles. The van der Waals surface area contributed by atoms with Crippen molar-refractivity contribution in [1.82, 2.24) is 5.32 Å². The Kier molecular flexibility index (Phi) is 5.50. The molecule has 0 aliphatic carbocycles. The normalized spacial score (nSPS) is 12.8. The van der Waals surface area contributed by atoms with Gasteiger partial charge in [0.1, 0.15) is 0 Å². The van der Waals surface area contributed by atoms with Crippen LogP contribution in [0, 0.1) is 19.8 Å². The molecule has 0 radical (unpaired) electrons. The summed E-state index contributed by atoms with van der Waals surface area (Å²) in [6, 6.07) is 6.64. The van der Waals surface area contributed by atoms with E-state index in [1.165, 1.54) is 16.7 Å². The summed E-state index contributed by atoms with van der Waals surface area (Å²) >= 11 is 0. The Morgan fingerprint density at radius 2 is 2.00 bits per heavy atom. The van der Waals surface area contributed by atoms with E-state index in [2.05, 4.69) is 44.3 Å². The van der Waals surface area contributed by atoms with Crippen molar-refractivity contribution in [3.63, 3.8) is 0 Å². The molecule has 1 aromatic rings. The number of hydrogen-bond acceptors (Lipinski definition) is 2. The third-order valence-corrected chi connectivity index (χ3v) is 3.24. The molecule has 90 valence electrons. The molecule has 1 rings (SSSR count). The van der Waals surface area contributed by atoms with Crippen molar-refractivity contribution >= 4 is 0 Å². The lowest BCUT2D eigenvalue weighted by atomic mass is 10.1. The fraction of sp³-hybridized carbons (Fsp3) is 0.571. The van der Waals surface area contributed by atoms with Crippen LogP contribution in [0.5, 0.6) is 0 Å². The summed E-state index contributed by atoms with van der Waals surface area (Å²) < 4.78 is 0. The molecule has 1 unspecified atom stereocenters. The smallest absolute Gasteiger partial charge is 0.0205 e. The van der Waals surface area contributed by atoms with Gasteiger partial charge in [-0.3, -0.25) is 0 Å². The van der Waals surface area contributed by atoms with Crippen molar-refractivity contribution in [1.29, 1.82) is 0 Å². The fourth-order valence-electron chi connectivity index (χ4n) is 1.73. The minimum absolute atomic E-state index is 0.603. The zero-order valence-electron chi connectivity index (χ0n) is 10.7. The van der Waals surface area contributed by atoms with Gasteiger partial charge in [-0.05, 0) is 49.5 Å². The second-order valence-electron chi connectivity index (χ2n) is 4.56. The van der Waals surface area contributed by atoms with E-state index < -0.39 is 0 Å². The third kappa shape index (κ3) is 3.95. The first-order valence-electron chi connectivity index (χ1n) is 6.14. The van der Waals surface area contributed by atoms with Gasteiger partial charge in [-0.15, -0.1) is 0 Å². The number of nitrogens with one attached hydrogen (secondary N) is 1. The molecule has 1 aromatic carbocycles. The average molecular weight is 220 g/mol. The van der Waals surface area contributed by atoms with Gasteiger partial charge in [0.2, 0.25) is 0 Å². The molecule has 1 atom stereocenters. The van der Waals surface area contributed by atoms with Crippen molar-refractivity contribution in [3.8, 4) is 0 Å². The van der Waals surface area contributed by atoms with E-state index in [1.54, 1.807) is 0 Å². The van der Waals surface area contributed by atoms with Crippen LogP contribution in [0.4, 0.5) is 0 Å². The summed E-state index contributed by atoms with van der Waals surface area (Å²) in [5, 5.41) is 3.47. The van der Waals surface area contributed by atoms with E-state index in [1.807, 2.05) is 0 Å². The fourth-order valence-corrected chi connectivity index (χ4v) is 1.73. The van der Waals surface area contributed by atoms with Crippen LogP contribution in [0.15, 0.2) is 18.2 Å². The lowest BCUT2D eigenvalue weighted by Crippen LogP contribution is -2.27. The number of nitrogens with two attached hydrogens (primary N) is 1. The van der Waals surface area contributed by atoms with Crippen molar-refractivity contribution in [2.24, 2.45) is 11.7 Å². The highest BCUT2D eigenvalue weighted by Gasteiger charge is 2.02. The van der Waals surface area contributed by atoms with Crippen LogP contribution in [0.1, 0.15) is 30.0 Å². The molecular weight excluding hydrogens is 196 g/mol. The maximum absolute atomic E-state index is 5.67. The molecule has 16 heavy (non-hydrogen) atoms. The van der Waals surface area contributed by atoms with Gasteiger partial charge in [0.05, 0.1) is 0 Å². The molecule has 2 heteroatoms. The molecule has 0 aromatic heterocycles. The Labute approximate surface area is 99.2 Å². The van der Waals surface area contributed by atoms with Gasteiger partial charge in [0.15, 0.2) is 0 Å². The monoisotopic (exact) mass is 220 g/mol. The molecule has 0 heterocycles. The molecule has 3 N–H and O–H groups in total. The maximum atomic E-state index is 5.67. The second-order valence-corrected chi connectivity index (χ2v) is 4.56. The quantitative estimate of drug-likeness (QED) is 0.772. The van der Waals surface area contributed by atoms with E-state index in [9.17, 15) is 0 Å². The summed E-state index contributed by atoms with van der Waals surface area (Å²) in [5.74, 6) is 0.603. The number of benzene rings is 1. The minimum Gasteiger partial charge on any atom is -0.330 e. The van der Waals surface area contributed by atoms with Gasteiger partial charge in [-0.25, -0.2) is 0 Å². The summed E-state index contributed by atoms with van der Waals surface area (Å²) in [6.07, 6.45) is 1.15. The molecule has 0 aliphatic rings. The standard InChI is InChI=1S/C14H24N2/c1-4-13(8-15)9-16-10-14-6-5-11(2)12(3)7-14/h5-7,13,16H,4,8-10,15H2,1-3H3. The van der Waals surface area contributed by atoms with E-state index in [4.69, 9.17) is 5.73 Å². The lowest BCUT2D eigenvalue weighted by molar-refractivity contribution is 0.471. The van der Waals surface area contributed by atoms with Crippen LogP contribution in [0.2, 0.25) is 0 Å². The highest BCUT2D eigenvalue weighted by atomic mass is 14.9. The Morgan fingerprint density at radius 3 is 2.56 bits per heavy atom. The predicted molar refractivity (Wildman–Crippen MR) is 70.5 cm³/mol. The van der Waals surface area contributed by atoms with Gasteiger partial charge < -0.3 is 11.1 Å². The first-order chi connectivity index (χ1) is 7.67. The van der Waals surface area contributed by atoms with Crippen molar-refractivity contribution in [2.75, 3.05) is 13.1 Å². The minimum atomic E-state index is 0.603. The van der Waals surface area contributed by atoms with Gasteiger partial charge >= 0.3 is 0 Å². The van der Waals surface area contributed by atoms with Crippen molar-refractivity contribution in [3.05, 3.63) is 34.9 Å². The largest absolute Gasteiger partial charge is 0.330 e. The molecule has 0 spiro atoms. The Morgan fingerprint density at radius 1 is 1.25 bits per heavy atom. The molecule has 0 fully saturated rings. The Bertz CT molecular complexity index is 317. The highest BCUT2D eigenvalue weighted by Crippen LogP contribution is 2.09. The highest BCUT2D eigenvalue weighted by molar-refractivity contribution is 5.29. The lowest BCUT2D eigenvalue weighted by Gasteiger charge is -2.13. The van der Waals surface area contributed by atoms with Crippen LogP contribution in [-0.4, -0.2) is 13.1 Å². The van der Waals surface area contributed by atoms with Crippen LogP contribution < -0.4 is 11.1 Å². The summed E-state index contributed by atoms with van der Waals surface area (Å²) in [7, 11) is 0. The summed E-state index contributed by atoms with van der Waals surface area (Å²) in [4.78, 5) is 0. The predicted octanol–water partition coefficient (Wildman–Crippen LogP) is 2.38. The number of aryl methyl sites for hydroxylation is 2. The second kappa shape index (κ2) is 6.66. The third-order valence-electron chi connectivity index (χ3n) is 3.24. The molecule has 2 nitrogen and oxygen atoms in total. The molecule has 0 amide bonds. The maximum Gasteiger partial charge on any atom is 0.0205 e.